The summed E-state index contributed by atoms with van der Waals surface area (Å²) < 4.78 is 27.6. The van der Waals surface area contributed by atoms with Crippen LogP contribution in [0.25, 0.3) is 0 Å². The van der Waals surface area contributed by atoms with Crippen molar-refractivity contribution >= 4 is 28.3 Å². The lowest BCUT2D eigenvalue weighted by Gasteiger charge is -2.33. The first-order chi connectivity index (χ1) is 12.0. The molecule has 2 aliphatic heterocycles. The summed E-state index contributed by atoms with van der Waals surface area (Å²) >= 11 is 0. The Morgan fingerprint density at radius 1 is 1.08 bits per heavy atom. The van der Waals surface area contributed by atoms with Crippen molar-refractivity contribution in [2.24, 2.45) is 0 Å². The third kappa shape index (κ3) is 4.39. The second-order valence-corrected chi connectivity index (χ2v) is 8.75. The van der Waals surface area contributed by atoms with E-state index in [1.807, 2.05) is 7.05 Å². The highest BCUT2D eigenvalue weighted by molar-refractivity contribution is 7.89. The molecule has 0 aliphatic carbocycles. The predicted octanol–water partition coefficient (Wildman–Crippen LogP) is 2.11. The summed E-state index contributed by atoms with van der Waals surface area (Å²) in [7, 11) is -1.73. The molecule has 1 aromatic carbocycles. The molecule has 1 N–H and O–H groups in total. The number of piperidine rings is 2. The molecule has 1 amide bonds. The van der Waals surface area contributed by atoms with Gasteiger partial charge in [0.1, 0.15) is 0 Å². The smallest absolute Gasteiger partial charge is 0.255 e. The van der Waals surface area contributed by atoms with Crippen LogP contribution in [-0.4, -0.2) is 62.8 Å². The SMILES string of the molecule is CNC1CCCN(C(=O)c2ccccc2S(=O)(=O)N2CCCCC2)C1.Cl. The van der Waals surface area contributed by atoms with Crippen LogP contribution >= 0.6 is 12.4 Å². The molecule has 0 saturated carbocycles. The van der Waals surface area contributed by atoms with Crippen LogP contribution in [0, 0.1) is 0 Å². The molecule has 0 aromatic heterocycles. The molecule has 6 nitrogen and oxygen atoms in total. The minimum absolute atomic E-state index is 0. The molecule has 1 aromatic rings. The van der Waals surface area contributed by atoms with Crippen molar-refractivity contribution < 1.29 is 13.2 Å². The number of nitrogens with zero attached hydrogens (tertiary/aromatic N) is 2. The first-order valence-corrected chi connectivity index (χ1v) is 10.5. The summed E-state index contributed by atoms with van der Waals surface area (Å²) in [6.45, 7) is 2.37. The molecule has 8 heteroatoms. The molecule has 0 spiro atoms. The van der Waals surface area contributed by atoms with Gasteiger partial charge in [0.2, 0.25) is 10.0 Å². The number of hydrogen-bond acceptors (Lipinski definition) is 4. The second-order valence-electron chi connectivity index (χ2n) is 6.84. The fraction of sp³-hybridized carbons (Fsp3) is 0.611. The second kappa shape index (κ2) is 9.17. The van der Waals surface area contributed by atoms with E-state index in [-0.39, 0.29) is 29.3 Å². The number of hydrogen-bond donors (Lipinski definition) is 1. The zero-order valence-electron chi connectivity index (χ0n) is 15.2. The Hall–Kier alpha value is -1.15. The van der Waals surface area contributed by atoms with Gasteiger partial charge in [-0.25, -0.2) is 8.42 Å². The summed E-state index contributed by atoms with van der Waals surface area (Å²) in [6, 6.07) is 6.91. The Balaban J connectivity index is 0.00000243. The fourth-order valence-corrected chi connectivity index (χ4v) is 5.38. The summed E-state index contributed by atoms with van der Waals surface area (Å²) in [4.78, 5) is 14.9. The maximum Gasteiger partial charge on any atom is 0.255 e. The van der Waals surface area contributed by atoms with Crippen molar-refractivity contribution in [3.63, 3.8) is 0 Å². The number of nitrogens with one attached hydrogen (secondary N) is 1. The van der Waals surface area contributed by atoms with Gasteiger partial charge < -0.3 is 10.2 Å². The minimum atomic E-state index is -3.63. The highest BCUT2D eigenvalue weighted by Gasteiger charge is 2.32. The minimum Gasteiger partial charge on any atom is -0.337 e. The Kier molecular flexibility index (Phi) is 7.46. The van der Waals surface area contributed by atoms with E-state index < -0.39 is 10.0 Å². The predicted molar refractivity (Wildman–Crippen MR) is 104 cm³/mol. The zero-order chi connectivity index (χ0) is 17.9. The number of likely N-dealkylation sites (N-methyl/N-ethyl adjacent to an activating group) is 1. The van der Waals surface area contributed by atoms with E-state index in [9.17, 15) is 13.2 Å². The third-order valence-corrected chi connectivity index (χ3v) is 7.12. The molecular formula is C18H28ClN3O3S. The topological polar surface area (TPSA) is 69.7 Å². The number of sulfonamides is 1. The van der Waals surface area contributed by atoms with Crippen molar-refractivity contribution in [3.8, 4) is 0 Å². The van der Waals surface area contributed by atoms with E-state index in [0.29, 0.717) is 31.7 Å². The number of amides is 1. The van der Waals surface area contributed by atoms with Crippen LogP contribution in [0.15, 0.2) is 29.2 Å². The molecule has 2 aliphatic rings. The Labute approximate surface area is 162 Å². The van der Waals surface area contributed by atoms with Crippen molar-refractivity contribution in [2.45, 2.75) is 43.0 Å². The van der Waals surface area contributed by atoms with E-state index in [2.05, 4.69) is 5.32 Å². The highest BCUT2D eigenvalue weighted by Crippen LogP contribution is 2.25. The molecule has 26 heavy (non-hydrogen) atoms. The Bertz CT molecular complexity index is 720. The van der Waals surface area contributed by atoms with E-state index in [0.717, 1.165) is 32.1 Å². The molecule has 2 saturated heterocycles. The van der Waals surface area contributed by atoms with Crippen LogP contribution in [0.4, 0.5) is 0 Å². The normalized spacial score (nSPS) is 21.9. The fourth-order valence-electron chi connectivity index (χ4n) is 3.68. The van der Waals surface area contributed by atoms with Crippen molar-refractivity contribution in [2.75, 3.05) is 33.2 Å². The number of rotatable bonds is 4. The average Bonchev–Trinajstić information content (AvgIpc) is 2.68. The molecule has 3 rings (SSSR count). The van der Waals surface area contributed by atoms with Crippen LogP contribution in [0.1, 0.15) is 42.5 Å². The maximum atomic E-state index is 13.1. The zero-order valence-corrected chi connectivity index (χ0v) is 16.8. The Morgan fingerprint density at radius 3 is 2.46 bits per heavy atom. The first-order valence-electron chi connectivity index (χ1n) is 9.10. The van der Waals surface area contributed by atoms with Crippen molar-refractivity contribution in [1.82, 2.24) is 14.5 Å². The van der Waals surface area contributed by atoms with E-state index in [1.165, 1.54) is 4.31 Å². The number of carbonyl (C=O) groups is 1. The lowest BCUT2D eigenvalue weighted by atomic mass is 10.0. The average molecular weight is 402 g/mol. The summed E-state index contributed by atoms with van der Waals surface area (Å²) in [6.07, 6.45) is 4.79. The van der Waals surface area contributed by atoms with Crippen LogP contribution in [0.2, 0.25) is 0 Å². The number of carbonyl (C=O) groups excluding carboxylic acids is 1. The third-order valence-electron chi connectivity index (χ3n) is 5.17. The molecule has 1 atom stereocenters. The van der Waals surface area contributed by atoms with Gasteiger partial charge >= 0.3 is 0 Å². The molecule has 0 bridgehead atoms. The van der Waals surface area contributed by atoms with Gasteiger partial charge in [0.05, 0.1) is 10.5 Å². The van der Waals surface area contributed by atoms with Crippen molar-refractivity contribution in [1.29, 1.82) is 0 Å². The van der Waals surface area contributed by atoms with Crippen LogP contribution < -0.4 is 5.32 Å². The highest BCUT2D eigenvalue weighted by atomic mass is 35.5. The number of likely N-dealkylation sites (tertiary alicyclic amines) is 1. The molecule has 0 radical (unpaired) electrons. The van der Waals surface area contributed by atoms with Crippen molar-refractivity contribution in [3.05, 3.63) is 29.8 Å². The van der Waals surface area contributed by atoms with Gasteiger partial charge in [-0.1, -0.05) is 18.6 Å². The standard InChI is InChI=1S/C18H27N3O3S.ClH/c1-19-15-8-7-11-20(14-15)18(22)16-9-3-4-10-17(16)25(23,24)21-12-5-2-6-13-21;/h3-4,9-10,15,19H,2,5-8,11-14H2,1H3;1H. The molecule has 2 heterocycles. The monoisotopic (exact) mass is 401 g/mol. The van der Waals surface area contributed by atoms with Gasteiger partial charge in [-0.2, -0.15) is 4.31 Å². The van der Waals surface area contributed by atoms with Gasteiger partial charge in [0.15, 0.2) is 0 Å². The van der Waals surface area contributed by atoms with Crippen LogP contribution in [0.3, 0.4) is 0 Å². The summed E-state index contributed by atoms with van der Waals surface area (Å²) in [5.41, 5.74) is 0.296. The maximum absolute atomic E-state index is 13.1. The molecule has 2 fully saturated rings. The largest absolute Gasteiger partial charge is 0.337 e. The number of halogens is 1. The van der Waals surface area contributed by atoms with Crippen LogP contribution in [0.5, 0.6) is 0 Å². The van der Waals surface area contributed by atoms with E-state index in [1.54, 1.807) is 29.2 Å². The first kappa shape index (κ1) is 21.2. The van der Waals surface area contributed by atoms with Gasteiger partial charge in [-0.3, -0.25) is 4.79 Å². The summed E-state index contributed by atoms with van der Waals surface area (Å²) in [5.74, 6) is -0.184. The lowest BCUT2D eigenvalue weighted by Crippen LogP contribution is -2.47. The lowest BCUT2D eigenvalue weighted by molar-refractivity contribution is 0.0694. The van der Waals surface area contributed by atoms with Gasteiger partial charge in [-0.05, 0) is 44.9 Å². The quantitative estimate of drug-likeness (QED) is 0.838. The Morgan fingerprint density at radius 2 is 1.77 bits per heavy atom. The molecule has 1 unspecified atom stereocenters. The van der Waals surface area contributed by atoms with Crippen LogP contribution in [-0.2, 0) is 10.0 Å². The molecule has 146 valence electrons. The van der Waals surface area contributed by atoms with E-state index in [4.69, 9.17) is 0 Å². The van der Waals surface area contributed by atoms with Gasteiger partial charge in [0.25, 0.3) is 5.91 Å². The van der Waals surface area contributed by atoms with Gasteiger partial charge in [0, 0.05) is 32.2 Å². The van der Waals surface area contributed by atoms with Gasteiger partial charge in [-0.15, -0.1) is 12.4 Å². The summed E-state index contributed by atoms with van der Waals surface area (Å²) in [5, 5.41) is 3.22. The molecular weight excluding hydrogens is 374 g/mol. The van der Waals surface area contributed by atoms with E-state index >= 15 is 0 Å². The number of benzene rings is 1.